The van der Waals surface area contributed by atoms with Crippen LogP contribution in [0.3, 0.4) is 0 Å². The molecule has 3 aromatic carbocycles. The van der Waals surface area contributed by atoms with Crippen molar-refractivity contribution in [1.29, 1.82) is 0 Å². The molecule has 0 bridgehead atoms. The van der Waals surface area contributed by atoms with Gasteiger partial charge in [0.1, 0.15) is 0 Å². The highest BCUT2D eigenvalue weighted by Crippen LogP contribution is 2.38. The van der Waals surface area contributed by atoms with E-state index in [0.29, 0.717) is 38.3 Å². The summed E-state index contributed by atoms with van der Waals surface area (Å²) in [5.74, 6) is 0. The molecule has 3 aromatic heterocycles. The SMILES string of the molecule is O=[N+]([O-])c1cc2c(-c3ccccc3Cl)nc(-c3cncc4ccccc34)cnc2c2cnnc12. The minimum atomic E-state index is -0.477. The Labute approximate surface area is 197 Å². The number of nitro groups is 1. The largest absolute Gasteiger partial charge is 0.298 e. The monoisotopic (exact) mass is 464 g/mol. The Morgan fingerprint density at radius 3 is 2.50 bits per heavy atom. The maximum atomic E-state index is 11.8. The van der Waals surface area contributed by atoms with Crippen molar-refractivity contribution in [2.24, 2.45) is 0 Å². The predicted molar refractivity (Wildman–Crippen MR) is 130 cm³/mol. The molecule has 0 atom stereocenters. The van der Waals surface area contributed by atoms with Crippen LogP contribution in [-0.2, 0) is 0 Å². The molecular formula is C25H13ClN6O2. The van der Waals surface area contributed by atoms with Crippen LogP contribution in [0.4, 0.5) is 5.69 Å². The van der Waals surface area contributed by atoms with Crippen molar-refractivity contribution in [3.63, 3.8) is 0 Å². The number of halogens is 1. The molecule has 0 N–H and O–H groups in total. The lowest BCUT2D eigenvalue weighted by atomic mass is 10.0. The van der Waals surface area contributed by atoms with Gasteiger partial charge >= 0.3 is 0 Å². The van der Waals surface area contributed by atoms with Gasteiger partial charge in [0.15, 0.2) is 5.52 Å². The number of benzene rings is 3. The molecule has 0 aliphatic carbocycles. The van der Waals surface area contributed by atoms with Crippen LogP contribution >= 0.6 is 11.6 Å². The lowest BCUT2D eigenvalue weighted by Gasteiger charge is -2.07. The quantitative estimate of drug-likeness (QED) is 0.233. The Morgan fingerprint density at radius 1 is 0.824 bits per heavy atom. The molecule has 0 fully saturated rings. The molecular weight excluding hydrogens is 452 g/mol. The van der Waals surface area contributed by atoms with Crippen LogP contribution in [0.2, 0.25) is 5.02 Å². The van der Waals surface area contributed by atoms with Crippen molar-refractivity contribution >= 4 is 49.9 Å². The van der Waals surface area contributed by atoms with E-state index in [1.165, 1.54) is 12.3 Å². The molecule has 0 amide bonds. The topological polar surface area (TPSA) is 108 Å². The Bertz CT molecular complexity index is 1770. The van der Waals surface area contributed by atoms with E-state index < -0.39 is 4.92 Å². The smallest absolute Gasteiger partial charge is 0.263 e. The number of rotatable bonds is 3. The van der Waals surface area contributed by atoms with Gasteiger partial charge in [-0.25, -0.2) is 4.98 Å². The van der Waals surface area contributed by atoms with Gasteiger partial charge in [-0.3, -0.25) is 20.1 Å². The van der Waals surface area contributed by atoms with Crippen molar-refractivity contribution in [2.75, 3.05) is 0 Å². The van der Waals surface area contributed by atoms with Crippen molar-refractivity contribution in [3.8, 4) is 22.5 Å². The van der Waals surface area contributed by atoms with Gasteiger partial charge in [0, 0.05) is 45.4 Å². The zero-order chi connectivity index (χ0) is 23.2. The number of nitro benzene ring substituents is 1. The van der Waals surface area contributed by atoms with Crippen LogP contribution in [0.25, 0.3) is 55.1 Å². The predicted octanol–water partition coefficient (Wildman–Crippen LogP) is 6.02. The van der Waals surface area contributed by atoms with Gasteiger partial charge in [-0.1, -0.05) is 54.1 Å². The molecule has 34 heavy (non-hydrogen) atoms. The Balaban J connectivity index is 1.80. The number of nitrogens with zero attached hydrogens (tertiary/aromatic N) is 6. The molecule has 9 heteroatoms. The Kier molecular flexibility index (Phi) is 4.60. The van der Waals surface area contributed by atoms with E-state index in [4.69, 9.17) is 21.6 Å². The van der Waals surface area contributed by atoms with E-state index >= 15 is 0 Å². The van der Waals surface area contributed by atoms with Crippen LogP contribution in [0.5, 0.6) is 0 Å². The van der Waals surface area contributed by atoms with Gasteiger partial charge in [0.2, 0.25) is 0 Å². The minimum Gasteiger partial charge on any atom is -0.263 e. The minimum absolute atomic E-state index is 0.170. The van der Waals surface area contributed by atoms with Gasteiger partial charge in [-0.05, 0) is 11.5 Å². The van der Waals surface area contributed by atoms with Gasteiger partial charge in [0.25, 0.3) is 5.69 Å². The third kappa shape index (κ3) is 3.12. The first-order valence-electron chi connectivity index (χ1n) is 10.3. The summed E-state index contributed by atoms with van der Waals surface area (Å²) in [5, 5.41) is 23.0. The summed E-state index contributed by atoms with van der Waals surface area (Å²) in [6, 6.07) is 16.5. The maximum Gasteiger partial charge on any atom is 0.298 e. The molecule has 3 heterocycles. The molecule has 0 aliphatic rings. The van der Waals surface area contributed by atoms with E-state index in [2.05, 4.69) is 15.2 Å². The van der Waals surface area contributed by atoms with Crippen molar-refractivity contribution in [2.45, 2.75) is 0 Å². The molecule has 6 rings (SSSR count). The third-order valence-corrected chi connectivity index (χ3v) is 6.04. The first-order valence-corrected chi connectivity index (χ1v) is 10.7. The van der Waals surface area contributed by atoms with Crippen LogP contribution in [0.15, 0.2) is 79.4 Å². The average molecular weight is 465 g/mol. The van der Waals surface area contributed by atoms with Crippen molar-refractivity contribution < 1.29 is 4.92 Å². The number of pyridine rings is 1. The zero-order valence-corrected chi connectivity index (χ0v) is 18.1. The van der Waals surface area contributed by atoms with Gasteiger partial charge in [0.05, 0.1) is 39.6 Å². The first kappa shape index (κ1) is 20.1. The molecule has 0 unspecified atom stereocenters. The summed E-state index contributed by atoms with van der Waals surface area (Å²) in [5.41, 5.74) is 2.93. The number of non-ortho nitro benzene ring substituents is 1. The summed E-state index contributed by atoms with van der Waals surface area (Å²) >= 11 is 6.56. The second kappa shape index (κ2) is 7.79. The van der Waals surface area contributed by atoms with Crippen LogP contribution < -0.4 is 0 Å². The summed E-state index contributed by atoms with van der Waals surface area (Å²) in [7, 11) is 0. The Morgan fingerprint density at radius 2 is 1.65 bits per heavy atom. The van der Waals surface area contributed by atoms with Crippen LogP contribution in [0, 0.1) is 10.1 Å². The maximum absolute atomic E-state index is 11.8. The molecule has 6 aromatic rings. The number of hydrogen-bond acceptors (Lipinski definition) is 7. The van der Waals surface area contributed by atoms with Crippen LogP contribution in [0.1, 0.15) is 0 Å². The molecule has 0 aliphatic heterocycles. The van der Waals surface area contributed by atoms with Gasteiger partial charge in [-0.2, -0.15) is 5.10 Å². The first-order chi connectivity index (χ1) is 16.6. The van der Waals surface area contributed by atoms with Crippen molar-refractivity contribution in [3.05, 3.63) is 94.5 Å². The molecule has 0 spiro atoms. The van der Waals surface area contributed by atoms with Crippen molar-refractivity contribution in [1.82, 2.24) is 25.1 Å². The lowest BCUT2D eigenvalue weighted by Crippen LogP contribution is -1.92. The lowest BCUT2D eigenvalue weighted by molar-refractivity contribution is -0.383. The molecule has 0 saturated heterocycles. The fraction of sp³-hybridized carbons (Fsp3) is 0. The molecule has 0 saturated carbocycles. The van der Waals surface area contributed by atoms with Crippen LogP contribution in [-0.4, -0.2) is 30.1 Å². The average Bonchev–Trinajstić information content (AvgIpc) is 3.26. The number of aromatic nitrogens is 5. The summed E-state index contributed by atoms with van der Waals surface area (Å²) in [6.45, 7) is 0. The molecule has 0 radical (unpaired) electrons. The Hall–Kier alpha value is -4.56. The second-order valence-corrected chi connectivity index (χ2v) is 8.05. The van der Waals surface area contributed by atoms with E-state index in [0.717, 1.165) is 16.3 Å². The standard InChI is InChI=1S/C25H13ClN6O2/c26-20-8-4-3-7-16(20)24-17-9-22(32(33)34)25-19(12-29-31-25)23(17)28-13-21(30-24)18-11-27-10-14-5-1-2-6-15(14)18/h1-13H. The van der Waals surface area contributed by atoms with E-state index in [1.807, 2.05) is 42.5 Å². The normalized spacial score (nSPS) is 11.3. The van der Waals surface area contributed by atoms with E-state index in [-0.39, 0.29) is 11.2 Å². The fourth-order valence-corrected chi connectivity index (χ4v) is 4.37. The van der Waals surface area contributed by atoms with E-state index in [9.17, 15) is 10.1 Å². The molecule has 162 valence electrons. The number of fused-ring (bicyclic) bond motifs is 4. The number of hydrogen-bond donors (Lipinski definition) is 0. The molecule has 8 nitrogen and oxygen atoms in total. The zero-order valence-electron chi connectivity index (χ0n) is 17.4. The summed E-state index contributed by atoms with van der Waals surface area (Å²) in [4.78, 5) is 25.4. The van der Waals surface area contributed by atoms with Gasteiger partial charge in [-0.15, -0.1) is 5.10 Å². The highest BCUT2D eigenvalue weighted by molar-refractivity contribution is 6.33. The third-order valence-electron chi connectivity index (χ3n) is 5.71. The second-order valence-electron chi connectivity index (χ2n) is 7.65. The summed E-state index contributed by atoms with van der Waals surface area (Å²) in [6.07, 6.45) is 6.64. The highest BCUT2D eigenvalue weighted by atomic mass is 35.5. The fourth-order valence-electron chi connectivity index (χ4n) is 4.14. The van der Waals surface area contributed by atoms with E-state index in [1.54, 1.807) is 24.7 Å². The summed E-state index contributed by atoms with van der Waals surface area (Å²) < 4.78 is 0. The highest BCUT2D eigenvalue weighted by Gasteiger charge is 2.22. The van der Waals surface area contributed by atoms with Gasteiger partial charge < -0.3 is 0 Å².